The molecule has 0 unspecified atom stereocenters. The van der Waals surface area contributed by atoms with Crippen molar-refractivity contribution < 1.29 is 9.90 Å². The summed E-state index contributed by atoms with van der Waals surface area (Å²) < 4.78 is 2.17. The summed E-state index contributed by atoms with van der Waals surface area (Å²) in [5.74, 6) is -0.893. The number of carbonyl (C=O) groups is 1. The molecule has 0 amide bonds. The molecule has 2 rings (SSSR count). The average molecular weight is 278 g/mol. The van der Waals surface area contributed by atoms with E-state index >= 15 is 0 Å². The Morgan fingerprint density at radius 1 is 1.26 bits per heavy atom. The third-order valence-electron chi connectivity index (χ3n) is 3.34. The summed E-state index contributed by atoms with van der Waals surface area (Å²) in [7, 11) is 0. The number of aromatic nitrogens is 1. The Morgan fingerprint density at radius 2 is 1.89 bits per heavy atom. The highest BCUT2D eigenvalue weighted by Crippen LogP contribution is 2.20. The molecule has 0 saturated carbocycles. The van der Waals surface area contributed by atoms with Crippen molar-refractivity contribution in [3.63, 3.8) is 0 Å². The van der Waals surface area contributed by atoms with Crippen LogP contribution in [-0.4, -0.2) is 15.6 Å². The fourth-order valence-corrected chi connectivity index (χ4v) is 2.42. The van der Waals surface area contributed by atoms with Crippen molar-refractivity contribution in [2.75, 3.05) is 0 Å². The molecule has 0 bridgehead atoms. The van der Waals surface area contributed by atoms with Crippen LogP contribution in [0.3, 0.4) is 0 Å². The van der Waals surface area contributed by atoms with Gasteiger partial charge in [0.1, 0.15) is 0 Å². The van der Waals surface area contributed by atoms with Crippen molar-refractivity contribution in [3.05, 3.63) is 57.9 Å². The number of halogens is 1. The summed E-state index contributed by atoms with van der Waals surface area (Å²) >= 11 is 6.09. The maximum Gasteiger partial charge on any atom is 0.335 e. The summed E-state index contributed by atoms with van der Waals surface area (Å²) in [5, 5.41) is 9.63. The zero-order valence-corrected chi connectivity index (χ0v) is 11.7. The van der Waals surface area contributed by atoms with Gasteiger partial charge in [-0.2, -0.15) is 0 Å². The number of nitrogens with zero attached hydrogens (tertiary/aromatic N) is 1. The number of hydrogen-bond acceptors (Lipinski definition) is 1. The molecule has 100 valence electrons. The normalized spacial score (nSPS) is 10.7. The lowest BCUT2D eigenvalue weighted by Gasteiger charge is -2.09. The van der Waals surface area contributed by atoms with Crippen LogP contribution in [-0.2, 0) is 13.0 Å². The topological polar surface area (TPSA) is 42.2 Å². The molecule has 0 spiro atoms. The Kier molecular flexibility index (Phi) is 3.96. The minimum absolute atomic E-state index is 0.320. The van der Waals surface area contributed by atoms with E-state index in [1.165, 1.54) is 0 Å². The van der Waals surface area contributed by atoms with Gasteiger partial charge in [-0.15, -0.1) is 0 Å². The van der Waals surface area contributed by atoms with Crippen LogP contribution in [0.15, 0.2) is 30.3 Å². The number of carboxylic acids is 1. The monoisotopic (exact) mass is 277 g/mol. The molecular weight excluding hydrogens is 262 g/mol. The second-order valence-corrected chi connectivity index (χ2v) is 5.03. The molecule has 4 heteroatoms. The maximum absolute atomic E-state index is 10.8. The summed E-state index contributed by atoms with van der Waals surface area (Å²) in [6.07, 6.45) is 0.854. The van der Waals surface area contributed by atoms with Gasteiger partial charge in [-0.05, 0) is 44.0 Å². The molecule has 3 nitrogen and oxygen atoms in total. The molecule has 0 fully saturated rings. The number of aromatic carboxylic acids is 1. The van der Waals surface area contributed by atoms with E-state index < -0.39 is 5.97 Å². The molecule has 0 aliphatic heterocycles. The summed E-state index contributed by atoms with van der Waals surface area (Å²) in [4.78, 5) is 10.8. The van der Waals surface area contributed by atoms with Gasteiger partial charge in [-0.3, -0.25) is 0 Å². The van der Waals surface area contributed by atoms with Crippen LogP contribution in [0, 0.1) is 13.8 Å². The van der Waals surface area contributed by atoms with Crippen LogP contribution in [0.1, 0.15) is 27.3 Å². The Bertz CT molecular complexity index is 599. The number of aryl methyl sites for hydroxylation is 2. The predicted octanol–water partition coefficient (Wildman–Crippen LogP) is 3.70. The summed E-state index contributed by atoms with van der Waals surface area (Å²) in [6.45, 7) is 4.88. The van der Waals surface area contributed by atoms with Crippen LogP contribution >= 0.6 is 11.6 Å². The number of benzene rings is 1. The third-order valence-corrected chi connectivity index (χ3v) is 3.72. The van der Waals surface area contributed by atoms with E-state index in [1.807, 2.05) is 32.0 Å². The van der Waals surface area contributed by atoms with Crippen molar-refractivity contribution in [2.45, 2.75) is 26.8 Å². The van der Waals surface area contributed by atoms with E-state index in [9.17, 15) is 4.79 Å². The molecular formula is C15H16ClNO2. The van der Waals surface area contributed by atoms with Crippen molar-refractivity contribution in [2.24, 2.45) is 0 Å². The molecule has 0 aliphatic rings. The highest BCUT2D eigenvalue weighted by atomic mass is 35.5. The van der Waals surface area contributed by atoms with Gasteiger partial charge < -0.3 is 9.67 Å². The van der Waals surface area contributed by atoms with Gasteiger partial charge in [0.05, 0.1) is 10.6 Å². The quantitative estimate of drug-likeness (QED) is 0.926. The first-order valence-electron chi connectivity index (χ1n) is 6.13. The zero-order valence-electron chi connectivity index (χ0n) is 11.0. The molecule has 0 atom stereocenters. The molecule has 2 aromatic rings. The Morgan fingerprint density at radius 3 is 2.37 bits per heavy atom. The molecule has 0 saturated heterocycles. The Hall–Kier alpha value is -1.74. The lowest BCUT2D eigenvalue weighted by Crippen LogP contribution is -2.05. The Balaban J connectivity index is 2.08. The molecule has 0 aliphatic carbocycles. The van der Waals surface area contributed by atoms with Crippen molar-refractivity contribution in [1.29, 1.82) is 0 Å². The summed E-state index contributed by atoms with van der Waals surface area (Å²) in [5.41, 5.74) is 3.65. The first kappa shape index (κ1) is 13.7. The second kappa shape index (κ2) is 5.49. The van der Waals surface area contributed by atoms with Crippen molar-refractivity contribution in [1.82, 2.24) is 4.57 Å². The number of carboxylic acid groups (broad SMARTS) is 1. The SMILES string of the molecule is Cc1cc(Cl)c(C)n1CCc1ccc(C(=O)O)cc1. The third kappa shape index (κ3) is 2.99. The molecule has 0 radical (unpaired) electrons. The van der Waals surface area contributed by atoms with E-state index in [-0.39, 0.29) is 0 Å². The molecule has 1 heterocycles. The van der Waals surface area contributed by atoms with Gasteiger partial charge in [-0.1, -0.05) is 23.7 Å². The van der Waals surface area contributed by atoms with Crippen molar-refractivity contribution >= 4 is 17.6 Å². The van der Waals surface area contributed by atoms with Gasteiger partial charge in [-0.25, -0.2) is 4.79 Å². The minimum atomic E-state index is -0.893. The molecule has 1 aromatic heterocycles. The van der Waals surface area contributed by atoms with Gasteiger partial charge in [0.25, 0.3) is 0 Å². The van der Waals surface area contributed by atoms with Crippen LogP contribution in [0.25, 0.3) is 0 Å². The van der Waals surface area contributed by atoms with E-state index in [0.717, 1.165) is 34.9 Å². The fraction of sp³-hybridized carbons (Fsp3) is 0.267. The largest absolute Gasteiger partial charge is 0.478 e. The summed E-state index contributed by atoms with van der Waals surface area (Å²) in [6, 6.07) is 8.96. The van der Waals surface area contributed by atoms with Gasteiger partial charge in [0.15, 0.2) is 0 Å². The van der Waals surface area contributed by atoms with E-state index in [4.69, 9.17) is 16.7 Å². The first-order chi connectivity index (χ1) is 8.99. The van der Waals surface area contributed by atoms with E-state index in [0.29, 0.717) is 5.56 Å². The maximum atomic E-state index is 10.8. The zero-order chi connectivity index (χ0) is 14.0. The van der Waals surface area contributed by atoms with E-state index in [2.05, 4.69) is 4.57 Å². The lowest BCUT2D eigenvalue weighted by molar-refractivity contribution is 0.0697. The number of hydrogen-bond donors (Lipinski definition) is 1. The first-order valence-corrected chi connectivity index (χ1v) is 6.51. The van der Waals surface area contributed by atoms with Gasteiger partial charge >= 0.3 is 5.97 Å². The van der Waals surface area contributed by atoms with Crippen LogP contribution in [0.4, 0.5) is 0 Å². The van der Waals surface area contributed by atoms with Crippen LogP contribution < -0.4 is 0 Å². The van der Waals surface area contributed by atoms with Crippen molar-refractivity contribution in [3.8, 4) is 0 Å². The molecule has 19 heavy (non-hydrogen) atoms. The highest BCUT2D eigenvalue weighted by Gasteiger charge is 2.07. The van der Waals surface area contributed by atoms with Crippen LogP contribution in [0.2, 0.25) is 5.02 Å². The minimum Gasteiger partial charge on any atom is -0.478 e. The average Bonchev–Trinajstić information content (AvgIpc) is 2.62. The lowest BCUT2D eigenvalue weighted by atomic mass is 10.1. The molecule has 1 aromatic carbocycles. The van der Waals surface area contributed by atoms with E-state index in [1.54, 1.807) is 12.1 Å². The highest BCUT2D eigenvalue weighted by molar-refractivity contribution is 6.31. The predicted molar refractivity (Wildman–Crippen MR) is 76.0 cm³/mol. The standard InChI is InChI=1S/C15H16ClNO2/c1-10-9-14(16)11(2)17(10)8-7-12-3-5-13(6-4-12)15(18)19/h3-6,9H,7-8H2,1-2H3,(H,18,19). The molecule has 1 N–H and O–H groups in total. The second-order valence-electron chi connectivity index (χ2n) is 4.62. The van der Waals surface area contributed by atoms with Crippen LogP contribution in [0.5, 0.6) is 0 Å². The van der Waals surface area contributed by atoms with Gasteiger partial charge in [0, 0.05) is 17.9 Å². The smallest absolute Gasteiger partial charge is 0.335 e. The fourth-order valence-electron chi connectivity index (χ4n) is 2.16. The Labute approximate surface area is 117 Å². The number of rotatable bonds is 4. The van der Waals surface area contributed by atoms with Gasteiger partial charge in [0.2, 0.25) is 0 Å².